The summed E-state index contributed by atoms with van der Waals surface area (Å²) >= 11 is 0. The molecule has 20 heavy (non-hydrogen) atoms. The Morgan fingerprint density at radius 3 is 2.65 bits per heavy atom. The number of hydrogen-bond donors (Lipinski definition) is 2. The van der Waals surface area contributed by atoms with Gasteiger partial charge in [-0.3, -0.25) is 0 Å². The maximum atomic E-state index is 9.84. The second-order valence-corrected chi connectivity index (χ2v) is 5.42. The summed E-state index contributed by atoms with van der Waals surface area (Å²) in [6.07, 6.45) is 0. The summed E-state index contributed by atoms with van der Waals surface area (Å²) in [6, 6.07) is 14.0. The van der Waals surface area contributed by atoms with Crippen LogP contribution >= 0.6 is 0 Å². The number of anilines is 1. The standard InChI is InChI=1S/C17H22N2O/c1-13-7-8-17(20)15(9-13)11-18-16-6-4-5-14(10-16)12-19(2)3/h4-10,18,20H,11-12H2,1-3H3. The van der Waals surface area contributed by atoms with E-state index in [9.17, 15) is 5.11 Å². The van der Waals surface area contributed by atoms with Crippen LogP contribution in [0.4, 0.5) is 5.69 Å². The molecule has 0 bridgehead atoms. The molecule has 0 aliphatic carbocycles. The van der Waals surface area contributed by atoms with E-state index in [0.717, 1.165) is 23.4 Å². The van der Waals surface area contributed by atoms with Crippen molar-refractivity contribution in [1.82, 2.24) is 4.90 Å². The van der Waals surface area contributed by atoms with Gasteiger partial charge in [-0.05, 0) is 44.8 Å². The summed E-state index contributed by atoms with van der Waals surface area (Å²) in [7, 11) is 4.12. The Morgan fingerprint density at radius 2 is 1.90 bits per heavy atom. The first kappa shape index (κ1) is 14.4. The predicted octanol–water partition coefficient (Wildman–Crippen LogP) is 3.37. The Labute approximate surface area is 120 Å². The molecule has 3 heteroatoms. The lowest BCUT2D eigenvalue weighted by Crippen LogP contribution is -2.10. The topological polar surface area (TPSA) is 35.5 Å². The van der Waals surface area contributed by atoms with Crippen molar-refractivity contribution in [3.8, 4) is 5.75 Å². The highest BCUT2D eigenvalue weighted by Crippen LogP contribution is 2.20. The number of benzene rings is 2. The molecule has 0 radical (unpaired) electrons. The Balaban J connectivity index is 2.05. The molecule has 2 N–H and O–H groups in total. The highest BCUT2D eigenvalue weighted by atomic mass is 16.3. The van der Waals surface area contributed by atoms with Crippen LogP contribution in [0.1, 0.15) is 16.7 Å². The smallest absolute Gasteiger partial charge is 0.120 e. The normalized spacial score (nSPS) is 10.8. The van der Waals surface area contributed by atoms with E-state index in [2.05, 4.69) is 42.5 Å². The van der Waals surface area contributed by atoms with E-state index in [-0.39, 0.29) is 0 Å². The lowest BCUT2D eigenvalue weighted by Gasteiger charge is -2.13. The number of rotatable bonds is 5. The molecule has 0 saturated heterocycles. The van der Waals surface area contributed by atoms with Crippen LogP contribution in [0.3, 0.4) is 0 Å². The molecule has 0 amide bonds. The van der Waals surface area contributed by atoms with Crippen molar-refractivity contribution in [2.75, 3.05) is 19.4 Å². The average molecular weight is 270 g/mol. The minimum atomic E-state index is 0.340. The first-order chi connectivity index (χ1) is 9.54. The summed E-state index contributed by atoms with van der Waals surface area (Å²) in [6.45, 7) is 3.57. The molecular weight excluding hydrogens is 248 g/mol. The second kappa shape index (κ2) is 6.44. The lowest BCUT2D eigenvalue weighted by atomic mass is 10.1. The third-order valence-corrected chi connectivity index (χ3v) is 3.14. The molecule has 0 aliphatic rings. The quantitative estimate of drug-likeness (QED) is 0.874. The highest BCUT2D eigenvalue weighted by molar-refractivity contribution is 5.47. The number of hydrogen-bond acceptors (Lipinski definition) is 3. The van der Waals surface area contributed by atoms with E-state index in [0.29, 0.717) is 12.3 Å². The van der Waals surface area contributed by atoms with Crippen LogP contribution in [0, 0.1) is 6.92 Å². The van der Waals surface area contributed by atoms with E-state index in [1.165, 1.54) is 5.56 Å². The Morgan fingerprint density at radius 1 is 1.10 bits per heavy atom. The molecule has 0 aliphatic heterocycles. The summed E-state index contributed by atoms with van der Waals surface area (Å²) in [5.41, 5.74) is 4.42. The molecule has 0 unspecified atom stereocenters. The van der Waals surface area contributed by atoms with Crippen molar-refractivity contribution in [3.05, 3.63) is 59.2 Å². The fraction of sp³-hybridized carbons (Fsp3) is 0.294. The Bertz CT molecular complexity index is 579. The van der Waals surface area contributed by atoms with Crippen LogP contribution < -0.4 is 5.32 Å². The van der Waals surface area contributed by atoms with Gasteiger partial charge in [0.15, 0.2) is 0 Å². The van der Waals surface area contributed by atoms with Gasteiger partial charge in [-0.15, -0.1) is 0 Å². The van der Waals surface area contributed by atoms with E-state index >= 15 is 0 Å². The van der Waals surface area contributed by atoms with Crippen molar-refractivity contribution < 1.29 is 5.11 Å². The second-order valence-electron chi connectivity index (χ2n) is 5.42. The fourth-order valence-electron chi connectivity index (χ4n) is 2.20. The minimum Gasteiger partial charge on any atom is -0.508 e. The summed E-state index contributed by atoms with van der Waals surface area (Å²) < 4.78 is 0. The van der Waals surface area contributed by atoms with E-state index in [4.69, 9.17) is 0 Å². The molecule has 0 spiro atoms. The van der Waals surface area contributed by atoms with Gasteiger partial charge in [-0.25, -0.2) is 0 Å². The van der Waals surface area contributed by atoms with Gasteiger partial charge in [0.25, 0.3) is 0 Å². The van der Waals surface area contributed by atoms with Crippen LogP contribution in [0.25, 0.3) is 0 Å². The molecule has 2 aromatic rings. The van der Waals surface area contributed by atoms with Crippen LogP contribution in [0.5, 0.6) is 5.75 Å². The van der Waals surface area contributed by atoms with Crippen LogP contribution in [-0.2, 0) is 13.1 Å². The number of phenols is 1. The average Bonchev–Trinajstić information content (AvgIpc) is 2.39. The van der Waals surface area contributed by atoms with Gasteiger partial charge in [0, 0.05) is 24.3 Å². The number of aryl methyl sites for hydroxylation is 1. The van der Waals surface area contributed by atoms with E-state index in [1.807, 2.05) is 25.1 Å². The zero-order chi connectivity index (χ0) is 14.5. The van der Waals surface area contributed by atoms with Crippen LogP contribution in [0.2, 0.25) is 0 Å². The Kier molecular flexibility index (Phi) is 4.64. The highest BCUT2D eigenvalue weighted by Gasteiger charge is 2.02. The molecule has 2 aromatic carbocycles. The zero-order valence-corrected chi connectivity index (χ0v) is 12.4. The summed E-state index contributed by atoms with van der Waals surface area (Å²) in [4.78, 5) is 2.14. The number of phenolic OH excluding ortho intramolecular Hbond substituents is 1. The van der Waals surface area contributed by atoms with Crippen molar-refractivity contribution in [1.29, 1.82) is 0 Å². The molecule has 2 rings (SSSR count). The van der Waals surface area contributed by atoms with Gasteiger partial charge in [0.2, 0.25) is 0 Å². The third kappa shape index (κ3) is 4.00. The maximum Gasteiger partial charge on any atom is 0.120 e. The van der Waals surface area contributed by atoms with Crippen molar-refractivity contribution in [2.24, 2.45) is 0 Å². The van der Waals surface area contributed by atoms with Gasteiger partial charge in [0.1, 0.15) is 5.75 Å². The summed E-state index contributed by atoms with van der Waals surface area (Å²) in [5.74, 6) is 0.340. The van der Waals surface area contributed by atoms with Crippen LogP contribution in [-0.4, -0.2) is 24.1 Å². The first-order valence-corrected chi connectivity index (χ1v) is 6.80. The first-order valence-electron chi connectivity index (χ1n) is 6.80. The van der Waals surface area contributed by atoms with Gasteiger partial charge < -0.3 is 15.3 Å². The van der Waals surface area contributed by atoms with Gasteiger partial charge in [0.05, 0.1) is 0 Å². The predicted molar refractivity (Wildman–Crippen MR) is 84.0 cm³/mol. The minimum absolute atomic E-state index is 0.340. The molecule has 0 atom stereocenters. The van der Waals surface area contributed by atoms with Gasteiger partial charge >= 0.3 is 0 Å². The van der Waals surface area contributed by atoms with Crippen molar-refractivity contribution in [2.45, 2.75) is 20.0 Å². The molecule has 0 saturated carbocycles. The number of nitrogens with one attached hydrogen (secondary N) is 1. The van der Waals surface area contributed by atoms with Gasteiger partial charge in [-0.1, -0.05) is 29.8 Å². The SMILES string of the molecule is Cc1ccc(O)c(CNc2cccc(CN(C)C)c2)c1. The molecule has 3 nitrogen and oxygen atoms in total. The molecule has 0 fully saturated rings. The lowest BCUT2D eigenvalue weighted by molar-refractivity contribution is 0.402. The maximum absolute atomic E-state index is 9.84. The number of aromatic hydroxyl groups is 1. The molecule has 0 aromatic heterocycles. The van der Waals surface area contributed by atoms with Crippen molar-refractivity contribution >= 4 is 5.69 Å². The zero-order valence-electron chi connectivity index (χ0n) is 12.4. The largest absolute Gasteiger partial charge is 0.508 e. The van der Waals surface area contributed by atoms with E-state index in [1.54, 1.807) is 6.07 Å². The molecular formula is C17H22N2O. The fourth-order valence-corrected chi connectivity index (χ4v) is 2.20. The molecule has 106 valence electrons. The van der Waals surface area contributed by atoms with Gasteiger partial charge in [-0.2, -0.15) is 0 Å². The monoisotopic (exact) mass is 270 g/mol. The van der Waals surface area contributed by atoms with E-state index < -0.39 is 0 Å². The molecule has 0 heterocycles. The van der Waals surface area contributed by atoms with Crippen LogP contribution in [0.15, 0.2) is 42.5 Å². The number of nitrogens with zero attached hydrogens (tertiary/aromatic N) is 1. The third-order valence-electron chi connectivity index (χ3n) is 3.14. The summed E-state index contributed by atoms with van der Waals surface area (Å²) in [5, 5.41) is 13.2. The van der Waals surface area contributed by atoms with Crippen molar-refractivity contribution in [3.63, 3.8) is 0 Å². The Hall–Kier alpha value is -2.00.